The first-order valence-corrected chi connectivity index (χ1v) is 6.24. The minimum absolute atomic E-state index is 0.101. The summed E-state index contributed by atoms with van der Waals surface area (Å²) >= 11 is 5.91. The normalized spacial score (nSPS) is 12.8. The number of hydrogen-bond acceptors (Lipinski definition) is 3. The predicted molar refractivity (Wildman–Crippen MR) is 70.3 cm³/mol. The van der Waals surface area contributed by atoms with Crippen LogP contribution in [-0.2, 0) is 10.7 Å². The van der Waals surface area contributed by atoms with Crippen LogP contribution < -0.4 is 5.73 Å². The highest BCUT2D eigenvalue weighted by atomic mass is 35.5. The molecule has 2 rings (SSSR count). The maximum atomic E-state index is 11.0. The van der Waals surface area contributed by atoms with E-state index < -0.39 is 0 Å². The van der Waals surface area contributed by atoms with Gasteiger partial charge in [-0.3, -0.25) is 4.79 Å². The second kappa shape index (κ2) is 4.94. The molecule has 0 fully saturated rings. The van der Waals surface area contributed by atoms with E-state index in [2.05, 4.69) is 9.97 Å². The van der Waals surface area contributed by atoms with Gasteiger partial charge < -0.3 is 10.3 Å². The molecule has 0 aliphatic heterocycles. The summed E-state index contributed by atoms with van der Waals surface area (Å²) in [6, 6.07) is 1.80. The summed E-state index contributed by atoms with van der Waals surface area (Å²) < 4.78 is 1.89. The summed E-state index contributed by atoms with van der Waals surface area (Å²) in [5.41, 5.74) is 7.85. The van der Waals surface area contributed by atoms with Crippen molar-refractivity contribution in [2.75, 3.05) is 0 Å². The van der Waals surface area contributed by atoms with Crippen molar-refractivity contribution >= 4 is 28.7 Å². The molecule has 2 N–H and O–H groups in total. The number of rotatable bonds is 4. The van der Waals surface area contributed by atoms with E-state index in [1.165, 1.54) is 0 Å². The fraction of sp³-hybridized carbons (Fsp3) is 0.417. The zero-order valence-electron chi connectivity index (χ0n) is 10.4. The number of pyridine rings is 1. The first-order valence-electron chi connectivity index (χ1n) is 5.71. The quantitative estimate of drug-likeness (QED) is 0.859. The van der Waals surface area contributed by atoms with E-state index >= 15 is 0 Å². The number of carbonyl (C=O) groups is 1. The number of amides is 1. The molecule has 0 radical (unpaired) electrons. The van der Waals surface area contributed by atoms with Crippen LogP contribution >= 0.6 is 11.6 Å². The number of aromatic nitrogens is 3. The molecule has 0 saturated heterocycles. The first kappa shape index (κ1) is 12.8. The third-order valence-corrected chi connectivity index (χ3v) is 3.15. The molecule has 1 amide bonds. The molecule has 5 nitrogen and oxygen atoms in total. The Morgan fingerprint density at radius 3 is 2.94 bits per heavy atom. The van der Waals surface area contributed by atoms with Crippen molar-refractivity contribution in [2.24, 2.45) is 5.73 Å². The number of primary amides is 1. The van der Waals surface area contributed by atoms with Crippen LogP contribution in [-0.4, -0.2) is 20.4 Å². The average molecular weight is 267 g/mol. The van der Waals surface area contributed by atoms with Crippen LogP contribution in [0.5, 0.6) is 0 Å². The zero-order chi connectivity index (χ0) is 13.3. The lowest BCUT2D eigenvalue weighted by Gasteiger charge is -2.14. The van der Waals surface area contributed by atoms with Crippen LogP contribution in [0.3, 0.4) is 0 Å². The maximum absolute atomic E-state index is 11.0. The molecule has 0 aliphatic rings. The van der Waals surface area contributed by atoms with Gasteiger partial charge in [0.2, 0.25) is 5.91 Å². The molecule has 18 heavy (non-hydrogen) atoms. The van der Waals surface area contributed by atoms with E-state index in [1.807, 2.05) is 24.5 Å². The molecule has 2 heterocycles. The first-order chi connectivity index (χ1) is 8.54. The summed E-state index contributed by atoms with van der Waals surface area (Å²) in [6.07, 6.45) is 1.97. The molecule has 96 valence electrons. The molecule has 0 spiro atoms. The summed E-state index contributed by atoms with van der Waals surface area (Å²) in [5.74, 6) is 0.638. The number of carbonyl (C=O) groups excluding carboxylic acids is 1. The second-order valence-electron chi connectivity index (χ2n) is 4.35. The second-order valence-corrected chi connectivity index (χ2v) is 4.62. The van der Waals surface area contributed by atoms with Gasteiger partial charge in [0.15, 0.2) is 5.65 Å². The molecule has 6 heteroatoms. The van der Waals surface area contributed by atoms with E-state index in [-0.39, 0.29) is 24.2 Å². The molecule has 0 aliphatic carbocycles. The Balaban J connectivity index is 2.60. The standard InChI is InChI=1S/C12H15ClN4O/c1-7-3-4-15-12-11(7)16-10(6-13)17(12)8(2)5-9(14)18/h3-4,8H,5-6H2,1-2H3,(H2,14,18). The van der Waals surface area contributed by atoms with Crippen molar-refractivity contribution in [3.63, 3.8) is 0 Å². The number of fused-ring (bicyclic) bond motifs is 1. The van der Waals surface area contributed by atoms with Crippen molar-refractivity contribution in [2.45, 2.75) is 32.2 Å². The van der Waals surface area contributed by atoms with Gasteiger partial charge in [0.05, 0.1) is 5.88 Å². The highest BCUT2D eigenvalue weighted by Gasteiger charge is 2.18. The van der Waals surface area contributed by atoms with Crippen molar-refractivity contribution in [1.82, 2.24) is 14.5 Å². The Bertz CT molecular complexity index is 593. The lowest BCUT2D eigenvalue weighted by atomic mass is 10.2. The Morgan fingerprint density at radius 1 is 1.61 bits per heavy atom. The average Bonchev–Trinajstić information content (AvgIpc) is 2.68. The van der Waals surface area contributed by atoms with Crippen molar-refractivity contribution in [1.29, 1.82) is 0 Å². The minimum Gasteiger partial charge on any atom is -0.370 e. The van der Waals surface area contributed by atoms with Crippen LogP contribution in [0.4, 0.5) is 0 Å². The Morgan fingerprint density at radius 2 is 2.33 bits per heavy atom. The number of nitrogens with zero attached hydrogens (tertiary/aromatic N) is 3. The summed E-state index contributed by atoms with van der Waals surface area (Å²) in [5, 5.41) is 0. The van der Waals surface area contributed by atoms with Crippen molar-refractivity contribution < 1.29 is 4.79 Å². The fourth-order valence-electron chi connectivity index (χ4n) is 2.10. The molecule has 1 atom stereocenters. The SMILES string of the molecule is Cc1ccnc2c1nc(CCl)n2C(C)CC(N)=O. The Kier molecular flexibility index (Phi) is 3.52. The Labute approximate surface area is 110 Å². The van der Waals surface area contributed by atoms with Gasteiger partial charge in [-0.2, -0.15) is 0 Å². The summed E-state index contributed by atoms with van der Waals surface area (Å²) in [7, 11) is 0. The highest BCUT2D eigenvalue weighted by Crippen LogP contribution is 2.24. The predicted octanol–water partition coefficient (Wildman–Crippen LogP) is 1.91. The monoisotopic (exact) mass is 266 g/mol. The van der Waals surface area contributed by atoms with Crippen molar-refractivity contribution in [3.05, 3.63) is 23.7 Å². The van der Waals surface area contributed by atoms with Gasteiger partial charge >= 0.3 is 0 Å². The number of alkyl halides is 1. The highest BCUT2D eigenvalue weighted by molar-refractivity contribution is 6.16. The smallest absolute Gasteiger partial charge is 0.219 e. The fourth-order valence-corrected chi connectivity index (χ4v) is 2.28. The van der Waals surface area contributed by atoms with Crippen LogP contribution in [0.2, 0.25) is 0 Å². The van der Waals surface area contributed by atoms with Gasteiger partial charge in [0.25, 0.3) is 0 Å². The molecular weight excluding hydrogens is 252 g/mol. The van der Waals surface area contributed by atoms with Gasteiger partial charge in [0.1, 0.15) is 11.3 Å². The number of halogens is 1. The van der Waals surface area contributed by atoms with Gasteiger partial charge in [-0.1, -0.05) is 0 Å². The van der Waals surface area contributed by atoms with Gasteiger partial charge in [-0.15, -0.1) is 11.6 Å². The molecular formula is C12H15ClN4O. The van der Waals surface area contributed by atoms with Crippen LogP contribution in [0.25, 0.3) is 11.2 Å². The van der Waals surface area contributed by atoms with E-state index in [4.69, 9.17) is 17.3 Å². The molecule has 0 aromatic carbocycles. The number of hydrogen-bond donors (Lipinski definition) is 1. The van der Waals surface area contributed by atoms with Gasteiger partial charge in [-0.25, -0.2) is 9.97 Å². The maximum Gasteiger partial charge on any atom is 0.219 e. The van der Waals surface area contributed by atoms with Crippen molar-refractivity contribution in [3.8, 4) is 0 Å². The zero-order valence-corrected chi connectivity index (χ0v) is 11.1. The van der Waals surface area contributed by atoms with E-state index in [0.29, 0.717) is 5.82 Å². The third kappa shape index (κ3) is 2.18. The molecule has 2 aromatic rings. The Hall–Kier alpha value is -1.62. The summed E-state index contributed by atoms with van der Waals surface area (Å²) in [6.45, 7) is 3.88. The van der Waals surface area contributed by atoms with E-state index in [0.717, 1.165) is 16.7 Å². The van der Waals surface area contributed by atoms with Crippen LogP contribution in [0.15, 0.2) is 12.3 Å². The summed E-state index contributed by atoms with van der Waals surface area (Å²) in [4.78, 5) is 19.8. The minimum atomic E-state index is -0.350. The van der Waals surface area contributed by atoms with E-state index in [1.54, 1.807) is 6.20 Å². The van der Waals surface area contributed by atoms with Gasteiger partial charge in [0, 0.05) is 18.7 Å². The van der Waals surface area contributed by atoms with Crippen LogP contribution in [0, 0.1) is 6.92 Å². The number of aryl methyl sites for hydroxylation is 1. The molecule has 0 saturated carbocycles. The number of nitrogens with two attached hydrogens (primary N) is 1. The van der Waals surface area contributed by atoms with Gasteiger partial charge in [-0.05, 0) is 25.5 Å². The lowest BCUT2D eigenvalue weighted by molar-refractivity contribution is -0.118. The van der Waals surface area contributed by atoms with Crippen LogP contribution in [0.1, 0.15) is 30.8 Å². The molecule has 2 aromatic heterocycles. The number of imidazole rings is 1. The molecule has 0 bridgehead atoms. The third-order valence-electron chi connectivity index (χ3n) is 2.91. The topological polar surface area (TPSA) is 73.8 Å². The lowest BCUT2D eigenvalue weighted by Crippen LogP contribution is -2.18. The largest absolute Gasteiger partial charge is 0.370 e. The molecule has 1 unspecified atom stereocenters. The van der Waals surface area contributed by atoms with E-state index in [9.17, 15) is 4.79 Å².